The topological polar surface area (TPSA) is 208 Å². The SMILES string of the molecule is CC(NC(=O)C(CO)NC(=O)C(CCC(=O)O)NC(=O)C(N)C(C)C)C(=O)O. The van der Waals surface area contributed by atoms with Gasteiger partial charge < -0.3 is 37.0 Å². The highest BCUT2D eigenvalue weighted by Crippen LogP contribution is 2.03. The van der Waals surface area contributed by atoms with E-state index in [1.807, 2.05) is 0 Å². The first kappa shape index (κ1) is 25.3. The van der Waals surface area contributed by atoms with Crippen LogP contribution in [-0.4, -0.2) is 75.8 Å². The largest absolute Gasteiger partial charge is 0.481 e. The number of carboxylic acids is 2. The normalized spacial score (nSPS) is 15.1. The predicted molar refractivity (Wildman–Crippen MR) is 95.9 cm³/mol. The van der Waals surface area contributed by atoms with Crippen LogP contribution in [0.1, 0.15) is 33.6 Å². The summed E-state index contributed by atoms with van der Waals surface area (Å²) >= 11 is 0. The van der Waals surface area contributed by atoms with Gasteiger partial charge in [-0.25, -0.2) is 0 Å². The first-order valence-electron chi connectivity index (χ1n) is 8.62. The molecule has 0 fully saturated rings. The van der Waals surface area contributed by atoms with Crippen molar-refractivity contribution >= 4 is 29.7 Å². The van der Waals surface area contributed by atoms with Crippen molar-refractivity contribution < 1.29 is 39.3 Å². The fourth-order valence-electron chi connectivity index (χ4n) is 1.95. The van der Waals surface area contributed by atoms with Gasteiger partial charge >= 0.3 is 11.9 Å². The fraction of sp³-hybridized carbons (Fsp3) is 0.688. The molecule has 12 heteroatoms. The fourth-order valence-corrected chi connectivity index (χ4v) is 1.95. The van der Waals surface area contributed by atoms with Gasteiger partial charge in [0.05, 0.1) is 12.6 Å². The van der Waals surface area contributed by atoms with Crippen LogP contribution in [0.5, 0.6) is 0 Å². The molecule has 0 radical (unpaired) electrons. The Bertz CT molecular complexity index is 595. The Morgan fingerprint density at radius 1 is 0.857 bits per heavy atom. The van der Waals surface area contributed by atoms with Crippen LogP contribution in [0.4, 0.5) is 0 Å². The second kappa shape index (κ2) is 11.9. The number of nitrogens with two attached hydrogens (primary N) is 1. The van der Waals surface area contributed by atoms with E-state index in [-0.39, 0.29) is 12.3 Å². The van der Waals surface area contributed by atoms with Crippen molar-refractivity contribution in [2.75, 3.05) is 6.61 Å². The minimum absolute atomic E-state index is 0.239. The highest BCUT2D eigenvalue weighted by Gasteiger charge is 2.29. The molecule has 0 aromatic heterocycles. The Balaban J connectivity index is 5.17. The van der Waals surface area contributed by atoms with Gasteiger partial charge in [0.2, 0.25) is 17.7 Å². The zero-order chi connectivity index (χ0) is 22.0. The number of amides is 3. The van der Waals surface area contributed by atoms with Crippen molar-refractivity contribution in [2.24, 2.45) is 11.7 Å². The zero-order valence-electron chi connectivity index (χ0n) is 16.0. The minimum Gasteiger partial charge on any atom is -0.481 e. The van der Waals surface area contributed by atoms with E-state index in [9.17, 15) is 29.1 Å². The number of carbonyl (C=O) groups is 5. The van der Waals surface area contributed by atoms with Crippen molar-refractivity contribution in [1.82, 2.24) is 16.0 Å². The average Bonchev–Trinajstić information content (AvgIpc) is 2.61. The van der Waals surface area contributed by atoms with Crippen molar-refractivity contribution in [3.63, 3.8) is 0 Å². The number of aliphatic hydroxyl groups is 1. The Hall–Kier alpha value is -2.73. The second-order valence-electron chi connectivity index (χ2n) is 6.58. The molecule has 0 aromatic rings. The molecule has 12 nitrogen and oxygen atoms in total. The van der Waals surface area contributed by atoms with Gasteiger partial charge in [0, 0.05) is 6.42 Å². The number of carboxylic acid groups (broad SMARTS) is 2. The maximum atomic E-state index is 12.4. The third kappa shape index (κ3) is 8.77. The quantitative estimate of drug-likeness (QED) is 0.181. The molecule has 160 valence electrons. The van der Waals surface area contributed by atoms with Crippen molar-refractivity contribution in [2.45, 2.75) is 57.8 Å². The van der Waals surface area contributed by atoms with E-state index in [1.165, 1.54) is 6.92 Å². The van der Waals surface area contributed by atoms with Gasteiger partial charge in [0.1, 0.15) is 18.1 Å². The van der Waals surface area contributed by atoms with Crippen LogP contribution in [-0.2, 0) is 24.0 Å². The Morgan fingerprint density at radius 2 is 1.36 bits per heavy atom. The van der Waals surface area contributed by atoms with Gasteiger partial charge in [-0.2, -0.15) is 0 Å². The monoisotopic (exact) mass is 404 g/mol. The van der Waals surface area contributed by atoms with Gasteiger partial charge in [-0.05, 0) is 19.3 Å². The maximum absolute atomic E-state index is 12.4. The summed E-state index contributed by atoms with van der Waals surface area (Å²) in [5.41, 5.74) is 5.70. The summed E-state index contributed by atoms with van der Waals surface area (Å²) in [5, 5.41) is 33.5. The van der Waals surface area contributed by atoms with Crippen LogP contribution >= 0.6 is 0 Å². The third-order valence-corrected chi connectivity index (χ3v) is 3.85. The lowest BCUT2D eigenvalue weighted by Gasteiger charge is -2.24. The maximum Gasteiger partial charge on any atom is 0.325 e. The molecule has 0 bridgehead atoms. The summed E-state index contributed by atoms with van der Waals surface area (Å²) in [4.78, 5) is 58.1. The minimum atomic E-state index is -1.49. The summed E-state index contributed by atoms with van der Waals surface area (Å²) in [6, 6.07) is -5.00. The van der Waals surface area contributed by atoms with Crippen LogP contribution in [0.2, 0.25) is 0 Å². The number of hydrogen-bond acceptors (Lipinski definition) is 7. The molecule has 0 aliphatic rings. The first-order chi connectivity index (χ1) is 12.9. The Labute approximate surface area is 161 Å². The first-order valence-corrected chi connectivity index (χ1v) is 8.62. The lowest BCUT2D eigenvalue weighted by atomic mass is 10.0. The van der Waals surface area contributed by atoms with Gasteiger partial charge in [-0.1, -0.05) is 13.8 Å². The molecule has 3 amide bonds. The molecule has 28 heavy (non-hydrogen) atoms. The van der Waals surface area contributed by atoms with E-state index in [4.69, 9.17) is 15.9 Å². The van der Waals surface area contributed by atoms with Gasteiger partial charge in [0.15, 0.2) is 0 Å². The molecule has 4 unspecified atom stereocenters. The molecule has 0 spiro atoms. The summed E-state index contributed by atoms with van der Waals surface area (Å²) < 4.78 is 0. The van der Waals surface area contributed by atoms with Gasteiger partial charge in [-0.15, -0.1) is 0 Å². The number of nitrogens with one attached hydrogen (secondary N) is 3. The number of rotatable bonds is 12. The number of carbonyl (C=O) groups excluding carboxylic acids is 3. The van der Waals surface area contributed by atoms with Gasteiger partial charge in [0.25, 0.3) is 0 Å². The molecular formula is C16H28N4O8. The van der Waals surface area contributed by atoms with E-state index in [2.05, 4.69) is 16.0 Å². The van der Waals surface area contributed by atoms with E-state index in [1.54, 1.807) is 13.8 Å². The van der Waals surface area contributed by atoms with Crippen LogP contribution in [0.3, 0.4) is 0 Å². The molecule has 0 saturated heterocycles. The summed E-state index contributed by atoms with van der Waals surface area (Å²) in [6.45, 7) is 3.73. The molecule has 0 aromatic carbocycles. The van der Waals surface area contributed by atoms with E-state index >= 15 is 0 Å². The average molecular weight is 404 g/mol. The smallest absolute Gasteiger partial charge is 0.325 e. The summed E-state index contributed by atoms with van der Waals surface area (Å²) in [5.74, 6) is -5.30. The highest BCUT2D eigenvalue weighted by atomic mass is 16.4. The molecule has 0 heterocycles. The van der Waals surface area contributed by atoms with E-state index in [0.29, 0.717) is 0 Å². The number of aliphatic hydroxyl groups excluding tert-OH is 1. The van der Waals surface area contributed by atoms with Crippen molar-refractivity contribution in [3.8, 4) is 0 Å². The number of aliphatic carboxylic acids is 2. The molecular weight excluding hydrogens is 376 g/mol. The molecule has 0 rings (SSSR count). The molecule has 0 aliphatic carbocycles. The second-order valence-corrected chi connectivity index (χ2v) is 6.58. The third-order valence-electron chi connectivity index (χ3n) is 3.85. The van der Waals surface area contributed by atoms with Crippen molar-refractivity contribution in [1.29, 1.82) is 0 Å². The zero-order valence-corrected chi connectivity index (χ0v) is 16.0. The standard InChI is InChI=1S/C16H28N4O8/c1-7(2)12(17)15(26)19-9(4-5-11(22)23)13(24)20-10(6-21)14(25)18-8(3)16(27)28/h7-10,12,21H,4-6,17H2,1-3H3,(H,18,25)(H,19,26)(H,20,24)(H,22,23)(H,27,28). The Morgan fingerprint density at radius 3 is 1.79 bits per heavy atom. The van der Waals surface area contributed by atoms with Crippen molar-refractivity contribution in [3.05, 3.63) is 0 Å². The lowest BCUT2D eigenvalue weighted by molar-refractivity contribution is -0.142. The van der Waals surface area contributed by atoms with Crippen LogP contribution in [0.15, 0.2) is 0 Å². The molecule has 8 N–H and O–H groups in total. The molecule has 4 atom stereocenters. The molecule has 0 aliphatic heterocycles. The summed E-state index contributed by atoms with van der Waals surface area (Å²) in [6.07, 6.45) is -0.718. The van der Waals surface area contributed by atoms with E-state index in [0.717, 1.165) is 0 Å². The van der Waals surface area contributed by atoms with Crippen LogP contribution < -0.4 is 21.7 Å². The highest BCUT2D eigenvalue weighted by molar-refractivity contribution is 5.94. The predicted octanol–water partition coefficient (Wildman–Crippen LogP) is -2.61. The van der Waals surface area contributed by atoms with Gasteiger partial charge in [-0.3, -0.25) is 24.0 Å². The lowest BCUT2D eigenvalue weighted by Crippen LogP contribution is -2.58. The molecule has 0 saturated carbocycles. The number of hydrogen-bond donors (Lipinski definition) is 7. The van der Waals surface area contributed by atoms with E-state index < -0.39 is 66.9 Å². The Kier molecular flexibility index (Phi) is 10.7. The van der Waals surface area contributed by atoms with Crippen LogP contribution in [0.25, 0.3) is 0 Å². The van der Waals surface area contributed by atoms with Crippen LogP contribution in [0, 0.1) is 5.92 Å². The summed E-state index contributed by atoms with van der Waals surface area (Å²) in [7, 11) is 0.